The van der Waals surface area contributed by atoms with Crippen molar-refractivity contribution in [3.63, 3.8) is 0 Å². The van der Waals surface area contributed by atoms with Gasteiger partial charge in [-0.3, -0.25) is 14.9 Å². The van der Waals surface area contributed by atoms with Crippen molar-refractivity contribution in [2.45, 2.75) is 45.1 Å². The Kier molecular flexibility index (Phi) is 4.86. The summed E-state index contributed by atoms with van der Waals surface area (Å²) < 4.78 is 2.15. The molecule has 0 spiro atoms. The molecule has 1 saturated carbocycles. The van der Waals surface area contributed by atoms with Crippen molar-refractivity contribution in [3.8, 4) is 0 Å². The van der Waals surface area contributed by atoms with Crippen LogP contribution in [-0.4, -0.2) is 22.4 Å². The van der Waals surface area contributed by atoms with Crippen LogP contribution in [0, 0.1) is 0 Å². The molecule has 2 heterocycles. The maximum absolute atomic E-state index is 13.1. The lowest BCUT2D eigenvalue weighted by atomic mass is 10.1. The second kappa shape index (κ2) is 7.46. The lowest BCUT2D eigenvalue weighted by Crippen LogP contribution is -2.54. The highest BCUT2D eigenvalue weighted by molar-refractivity contribution is 6.39. The van der Waals surface area contributed by atoms with E-state index in [2.05, 4.69) is 9.88 Å². The third kappa shape index (κ3) is 3.26. The highest BCUT2D eigenvalue weighted by Gasteiger charge is 2.37. The molecule has 1 aromatic carbocycles. The Morgan fingerprint density at radius 3 is 2.61 bits per heavy atom. The lowest BCUT2D eigenvalue weighted by Gasteiger charge is -2.27. The number of rotatable bonds is 4. The summed E-state index contributed by atoms with van der Waals surface area (Å²) in [5.74, 6) is -1.25. The predicted molar refractivity (Wildman–Crippen MR) is 107 cm³/mol. The van der Waals surface area contributed by atoms with Crippen molar-refractivity contribution in [3.05, 3.63) is 59.4 Å². The van der Waals surface area contributed by atoms with E-state index in [1.807, 2.05) is 37.5 Å². The number of anilines is 1. The molecule has 6 heteroatoms. The number of amides is 4. The Labute approximate surface area is 163 Å². The van der Waals surface area contributed by atoms with Gasteiger partial charge in [-0.1, -0.05) is 38.0 Å². The van der Waals surface area contributed by atoms with Crippen LogP contribution < -0.4 is 10.2 Å². The van der Waals surface area contributed by atoms with Gasteiger partial charge in [-0.05, 0) is 48.6 Å². The van der Waals surface area contributed by atoms with Crippen LogP contribution in [-0.2, 0) is 16.0 Å². The fraction of sp³-hybridized carbons (Fsp3) is 0.318. The molecule has 0 atom stereocenters. The summed E-state index contributed by atoms with van der Waals surface area (Å²) in [4.78, 5) is 38.9. The number of carbonyl (C=O) groups is 3. The zero-order valence-electron chi connectivity index (χ0n) is 15.9. The smallest absolute Gasteiger partial charge is 0.335 e. The molecule has 4 rings (SSSR count). The quantitative estimate of drug-likeness (QED) is 0.650. The van der Waals surface area contributed by atoms with Gasteiger partial charge >= 0.3 is 6.03 Å². The van der Waals surface area contributed by atoms with Gasteiger partial charge in [0.1, 0.15) is 5.57 Å². The zero-order chi connectivity index (χ0) is 19.7. The Morgan fingerprint density at radius 1 is 1.11 bits per heavy atom. The van der Waals surface area contributed by atoms with E-state index in [9.17, 15) is 14.4 Å². The summed E-state index contributed by atoms with van der Waals surface area (Å²) in [7, 11) is 0. The molecule has 1 aliphatic heterocycles. The summed E-state index contributed by atoms with van der Waals surface area (Å²) in [6, 6.07) is 8.90. The number of barbiturate groups is 1. The molecule has 2 fully saturated rings. The monoisotopic (exact) mass is 377 g/mol. The first kappa shape index (κ1) is 18.2. The van der Waals surface area contributed by atoms with Gasteiger partial charge in [0.05, 0.1) is 5.69 Å². The summed E-state index contributed by atoms with van der Waals surface area (Å²) >= 11 is 0. The molecule has 2 aromatic rings. The van der Waals surface area contributed by atoms with Crippen molar-refractivity contribution in [2.75, 3.05) is 4.90 Å². The van der Waals surface area contributed by atoms with Crippen LogP contribution in [0.4, 0.5) is 10.5 Å². The largest absolute Gasteiger partial charge is 0.351 e. The van der Waals surface area contributed by atoms with Crippen LogP contribution in [0.5, 0.6) is 0 Å². The number of hydrogen-bond acceptors (Lipinski definition) is 3. The van der Waals surface area contributed by atoms with E-state index in [0.717, 1.165) is 28.9 Å². The highest BCUT2D eigenvalue weighted by atomic mass is 16.2. The van der Waals surface area contributed by atoms with E-state index in [-0.39, 0.29) is 5.57 Å². The topological polar surface area (TPSA) is 71.4 Å². The Morgan fingerprint density at radius 2 is 1.86 bits per heavy atom. The molecule has 6 nitrogen and oxygen atoms in total. The Bertz CT molecular complexity index is 967. The fourth-order valence-corrected chi connectivity index (χ4v) is 4.02. The Balaban J connectivity index is 1.67. The summed E-state index contributed by atoms with van der Waals surface area (Å²) in [5, 5.41) is 2.29. The number of nitrogens with one attached hydrogen (secondary N) is 1. The van der Waals surface area contributed by atoms with Gasteiger partial charge in [-0.2, -0.15) is 0 Å². The van der Waals surface area contributed by atoms with Crippen LogP contribution >= 0.6 is 0 Å². The minimum atomic E-state index is -0.712. The van der Waals surface area contributed by atoms with E-state index < -0.39 is 17.8 Å². The van der Waals surface area contributed by atoms with Gasteiger partial charge in [0, 0.05) is 18.4 Å². The molecule has 144 valence electrons. The predicted octanol–water partition coefficient (Wildman–Crippen LogP) is 3.83. The molecule has 1 aromatic heterocycles. The summed E-state index contributed by atoms with van der Waals surface area (Å²) in [6.07, 6.45) is 11.0. The minimum Gasteiger partial charge on any atom is -0.351 e. The SMILES string of the molecule is CCc1ccccc1N1C(=O)NC(=O)/C(=C/c2ccn(C3CCCC3)c2)C1=O. The van der Waals surface area contributed by atoms with Gasteiger partial charge in [-0.25, -0.2) is 9.69 Å². The van der Waals surface area contributed by atoms with Gasteiger partial charge < -0.3 is 4.57 Å². The number of nitrogens with zero attached hydrogens (tertiary/aromatic N) is 2. The number of imide groups is 2. The second-order valence-corrected chi connectivity index (χ2v) is 7.27. The number of benzene rings is 1. The first-order valence-electron chi connectivity index (χ1n) is 9.75. The van der Waals surface area contributed by atoms with E-state index >= 15 is 0 Å². The van der Waals surface area contributed by atoms with Crippen LogP contribution in [0.2, 0.25) is 0 Å². The molecule has 1 aliphatic carbocycles. The molecule has 2 aliphatic rings. The zero-order valence-corrected chi connectivity index (χ0v) is 15.9. The van der Waals surface area contributed by atoms with Crippen LogP contribution in [0.1, 0.15) is 49.8 Å². The molecule has 1 N–H and O–H groups in total. The number of carbonyl (C=O) groups excluding carboxylic acids is 3. The average Bonchev–Trinajstić information content (AvgIpc) is 3.37. The lowest BCUT2D eigenvalue weighted by molar-refractivity contribution is -0.122. The van der Waals surface area contributed by atoms with Crippen molar-refractivity contribution in [2.24, 2.45) is 0 Å². The van der Waals surface area contributed by atoms with Crippen molar-refractivity contribution in [1.82, 2.24) is 9.88 Å². The third-order valence-electron chi connectivity index (χ3n) is 5.51. The first-order valence-corrected chi connectivity index (χ1v) is 9.75. The minimum absolute atomic E-state index is 0.0327. The first-order chi connectivity index (χ1) is 13.6. The number of para-hydroxylation sites is 1. The van der Waals surface area contributed by atoms with Gasteiger partial charge in [0.25, 0.3) is 11.8 Å². The van der Waals surface area contributed by atoms with Crippen molar-refractivity contribution >= 4 is 29.6 Å². The number of hydrogen-bond donors (Lipinski definition) is 1. The van der Waals surface area contributed by atoms with Crippen LogP contribution in [0.3, 0.4) is 0 Å². The van der Waals surface area contributed by atoms with E-state index in [4.69, 9.17) is 0 Å². The normalized spacial score (nSPS) is 19.5. The molecule has 0 radical (unpaired) electrons. The summed E-state index contributed by atoms with van der Waals surface area (Å²) in [5.41, 5.74) is 2.12. The van der Waals surface area contributed by atoms with Crippen molar-refractivity contribution in [1.29, 1.82) is 0 Å². The maximum atomic E-state index is 13.1. The number of aromatic nitrogens is 1. The molecular weight excluding hydrogens is 354 g/mol. The van der Waals surface area contributed by atoms with E-state index in [1.54, 1.807) is 18.2 Å². The van der Waals surface area contributed by atoms with Crippen molar-refractivity contribution < 1.29 is 14.4 Å². The highest BCUT2D eigenvalue weighted by Crippen LogP contribution is 2.30. The van der Waals surface area contributed by atoms with Gasteiger partial charge in [0.2, 0.25) is 0 Å². The molecule has 0 bridgehead atoms. The van der Waals surface area contributed by atoms with Gasteiger partial charge in [-0.15, -0.1) is 0 Å². The average molecular weight is 377 g/mol. The van der Waals surface area contributed by atoms with E-state index in [0.29, 0.717) is 18.2 Å². The van der Waals surface area contributed by atoms with E-state index in [1.165, 1.54) is 12.8 Å². The standard InChI is InChI=1S/C22H23N3O3/c1-2-16-7-3-6-10-19(16)25-21(27)18(20(26)23-22(25)28)13-15-11-12-24(14-15)17-8-4-5-9-17/h3,6-7,10-14,17H,2,4-5,8-9H2,1H3,(H,23,26,28)/b18-13-. The van der Waals surface area contributed by atoms with Gasteiger partial charge in [0.15, 0.2) is 0 Å². The second-order valence-electron chi connectivity index (χ2n) is 7.27. The van der Waals surface area contributed by atoms with Crippen LogP contribution in [0.25, 0.3) is 6.08 Å². The fourth-order valence-electron chi connectivity index (χ4n) is 4.02. The third-order valence-corrected chi connectivity index (χ3v) is 5.51. The van der Waals surface area contributed by atoms with Crippen LogP contribution in [0.15, 0.2) is 48.3 Å². The Hall–Kier alpha value is -3.15. The summed E-state index contributed by atoms with van der Waals surface area (Å²) in [6.45, 7) is 1.96. The maximum Gasteiger partial charge on any atom is 0.335 e. The molecular formula is C22H23N3O3. The molecule has 0 unspecified atom stereocenters. The number of urea groups is 1. The molecule has 1 saturated heterocycles. The number of aryl methyl sites for hydroxylation is 1. The molecule has 28 heavy (non-hydrogen) atoms. The molecule has 4 amide bonds.